The standard InChI is InChI=1S/C23H20N2O7/c1-11-8-15(13(3)30-11)17-10-16(20-12(2)25-32-21(20)24-17)23(27)31-18-7-6-14(22(26)29-5)9-19(18)28-4/h6-10H,1-5H3. The summed E-state index contributed by atoms with van der Waals surface area (Å²) in [6.45, 7) is 5.35. The average molecular weight is 436 g/mol. The number of nitrogens with zero attached hydrogens (tertiary/aromatic N) is 2. The zero-order valence-corrected chi connectivity index (χ0v) is 18.1. The van der Waals surface area contributed by atoms with Gasteiger partial charge < -0.3 is 23.2 Å². The Kier molecular flexibility index (Phi) is 5.40. The number of furan rings is 1. The summed E-state index contributed by atoms with van der Waals surface area (Å²) >= 11 is 0. The lowest BCUT2D eigenvalue weighted by atomic mass is 10.1. The third-order valence-electron chi connectivity index (χ3n) is 4.94. The molecule has 0 saturated heterocycles. The van der Waals surface area contributed by atoms with Crippen molar-refractivity contribution in [1.82, 2.24) is 10.1 Å². The highest BCUT2D eigenvalue weighted by Gasteiger charge is 2.23. The molecule has 0 saturated carbocycles. The van der Waals surface area contributed by atoms with Crippen molar-refractivity contribution >= 4 is 23.0 Å². The van der Waals surface area contributed by atoms with Crippen molar-refractivity contribution in [1.29, 1.82) is 0 Å². The molecule has 9 heteroatoms. The van der Waals surface area contributed by atoms with Gasteiger partial charge in [0.15, 0.2) is 11.5 Å². The predicted molar refractivity (Wildman–Crippen MR) is 113 cm³/mol. The number of benzene rings is 1. The van der Waals surface area contributed by atoms with Crippen LogP contribution in [0.1, 0.15) is 37.9 Å². The number of pyridine rings is 1. The number of hydrogen-bond donors (Lipinski definition) is 0. The molecule has 1 aromatic carbocycles. The Morgan fingerprint density at radius 2 is 1.75 bits per heavy atom. The van der Waals surface area contributed by atoms with E-state index in [-0.39, 0.29) is 28.3 Å². The van der Waals surface area contributed by atoms with Crippen LogP contribution in [-0.4, -0.2) is 36.3 Å². The van der Waals surface area contributed by atoms with Gasteiger partial charge in [0.25, 0.3) is 5.71 Å². The minimum atomic E-state index is -0.660. The van der Waals surface area contributed by atoms with Gasteiger partial charge in [0, 0.05) is 5.56 Å². The van der Waals surface area contributed by atoms with E-state index >= 15 is 0 Å². The number of aryl methyl sites for hydroxylation is 3. The van der Waals surface area contributed by atoms with E-state index in [9.17, 15) is 9.59 Å². The topological polar surface area (TPSA) is 114 Å². The Morgan fingerprint density at radius 1 is 0.969 bits per heavy atom. The Labute approximate surface area is 182 Å². The van der Waals surface area contributed by atoms with Crippen LogP contribution in [0.5, 0.6) is 11.5 Å². The maximum Gasteiger partial charge on any atom is 0.344 e. The summed E-state index contributed by atoms with van der Waals surface area (Å²) in [5.74, 6) is 0.522. The van der Waals surface area contributed by atoms with Crippen molar-refractivity contribution in [2.45, 2.75) is 20.8 Å². The highest BCUT2D eigenvalue weighted by atomic mass is 16.6. The third-order valence-corrected chi connectivity index (χ3v) is 4.94. The molecular weight excluding hydrogens is 416 g/mol. The molecule has 0 aliphatic heterocycles. The SMILES string of the molecule is COC(=O)c1ccc(OC(=O)c2cc(-c3cc(C)oc3C)nc3onc(C)c23)c(OC)c1. The second kappa shape index (κ2) is 8.18. The number of carbonyl (C=O) groups is 2. The fourth-order valence-corrected chi connectivity index (χ4v) is 3.43. The molecule has 0 spiro atoms. The number of ether oxygens (including phenoxy) is 3. The Morgan fingerprint density at radius 3 is 2.41 bits per heavy atom. The normalized spacial score (nSPS) is 10.9. The van der Waals surface area contributed by atoms with Gasteiger partial charge in [0.2, 0.25) is 0 Å². The van der Waals surface area contributed by atoms with Crippen molar-refractivity contribution in [2.75, 3.05) is 14.2 Å². The lowest BCUT2D eigenvalue weighted by Crippen LogP contribution is -2.11. The highest BCUT2D eigenvalue weighted by Crippen LogP contribution is 2.33. The van der Waals surface area contributed by atoms with E-state index in [0.29, 0.717) is 28.3 Å². The Balaban J connectivity index is 1.78. The summed E-state index contributed by atoms with van der Waals surface area (Å²) in [6, 6.07) is 7.82. The van der Waals surface area contributed by atoms with E-state index in [4.69, 9.17) is 23.2 Å². The van der Waals surface area contributed by atoms with Crippen LogP contribution in [0.4, 0.5) is 0 Å². The van der Waals surface area contributed by atoms with Gasteiger partial charge in [-0.25, -0.2) is 14.6 Å². The molecule has 4 rings (SSSR count). The van der Waals surface area contributed by atoms with Gasteiger partial charge >= 0.3 is 11.9 Å². The van der Waals surface area contributed by atoms with Crippen LogP contribution in [0.15, 0.2) is 39.3 Å². The van der Waals surface area contributed by atoms with E-state index < -0.39 is 11.9 Å². The van der Waals surface area contributed by atoms with Crippen LogP contribution >= 0.6 is 0 Å². The molecule has 3 aromatic heterocycles. The molecular formula is C23H20N2O7. The molecule has 9 nitrogen and oxygen atoms in total. The van der Waals surface area contributed by atoms with Gasteiger partial charge in [-0.15, -0.1) is 0 Å². The summed E-state index contributed by atoms with van der Waals surface area (Å²) in [6.07, 6.45) is 0. The molecule has 0 fully saturated rings. The molecule has 0 N–H and O–H groups in total. The number of hydrogen-bond acceptors (Lipinski definition) is 9. The lowest BCUT2D eigenvalue weighted by molar-refractivity contribution is 0.0600. The van der Waals surface area contributed by atoms with Gasteiger partial charge in [0.1, 0.15) is 11.5 Å². The molecule has 32 heavy (non-hydrogen) atoms. The molecule has 0 bridgehead atoms. The fraction of sp³-hybridized carbons (Fsp3) is 0.217. The number of rotatable bonds is 5. The van der Waals surface area contributed by atoms with Crippen molar-refractivity contribution in [3.8, 4) is 22.8 Å². The minimum absolute atomic E-state index is 0.140. The van der Waals surface area contributed by atoms with E-state index in [1.165, 1.54) is 32.4 Å². The third kappa shape index (κ3) is 3.68. The maximum absolute atomic E-state index is 13.2. The summed E-state index contributed by atoms with van der Waals surface area (Å²) in [5, 5.41) is 4.38. The van der Waals surface area contributed by atoms with Crippen LogP contribution < -0.4 is 9.47 Å². The van der Waals surface area contributed by atoms with E-state index in [1.807, 2.05) is 19.9 Å². The first-order valence-corrected chi connectivity index (χ1v) is 9.65. The zero-order chi connectivity index (χ0) is 23.0. The Hall–Kier alpha value is -4.14. The average Bonchev–Trinajstić information content (AvgIpc) is 3.33. The zero-order valence-electron chi connectivity index (χ0n) is 18.1. The maximum atomic E-state index is 13.2. The number of aromatic nitrogens is 2. The summed E-state index contributed by atoms with van der Waals surface area (Å²) in [7, 11) is 2.68. The molecule has 164 valence electrons. The van der Waals surface area contributed by atoms with E-state index in [1.54, 1.807) is 13.0 Å². The number of fused-ring (bicyclic) bond motifs is 1. The first-order valence-electron chi connectivity index (χ1n) is 9.65. The largest absolute Gasteiger partial charge is 0.493 e. The van der Waals surface area contributed by atoms with Crippen molar-refractivity contribution in [2.24, 2.45) is 0 Å². The first-order chi connectivity index (χ1) is 15.3. The fourth-order valence-electron chi connectivity index (χ4n) is 3.43. The summed E-state index contributed by atoms with van der Waals surface area (Å²) < 4.78 is 26.5. The molecule has 0 amide bonds. The lowest BCUT2D eigenvalue weighted by Gasteiger charge is -2.11. The monoisotopic (exact) mass is 436 g/mol. The predicted octanol–water partition coefficient (Wildman–Crippen LogP) is 4.42. The van der Waals surface area contributed by atoms with Gasteiger partial charge in [-0.3, -0.25) is 0 Å². The second-order valence-corrected chi connectivity index (χ2v) is 7.08. The molecule has 0 atom stereocenters. The van der Waals surface area contributed by atoms with Crippen LogP contribution in [0, 0.1) is 20.8 Å². The highest BCUT2D eigenvalue weighted by molar-refractivity contribution is 6.05. The van der Waals surface area contributed by atoms with Gasteiger partial charge in [-0.2, -0.15) is 0 Å². The first kappa shape index (κ1) is 21.1. The van der Waals surface area contributed by atoms with Crippen molar-refractivity contribution in [3.05, 3.63) is 58.7 Å². The quantitative estimate of drug-likeness (QED) is 0.331. The molecule has 0 radical (unpaired) electrons. The van der Waals surface area contributed by atoms with Crippen LogP contribution in [0.3, 0.4) is 0 Å². The van der Waals surface area contributed by atoms with E-state index in [0.717, 1.165) is 5.56 Å². The van der Waals surface area contributed by atoms with Crippen molar-refractivity contribution in [3.63, 3.8) is 0 Å². The van der Waals surface area contributed by atoms with Gasteiger partial charge in [-0.05, 0) is 51.1 Å². The molecule has 4 aromatic rings. The summed E-state index contributed by atoms with van der Waals surface area (Å²) in [5.41, 5.74) is 2.41. The van der Waals surface area contributed by atoms with Crippen LogP contribution in [-0.2, 0) is 4.74 Å². The van der Waals surface area contributed by atoms with Crippen LogP contribution in [0.25, 0.3) is 22.4 Å². The molecule has 0 aliphatic rings. The smallest absolute Gasteiger partial charge is 0.344 e. The number of carbonyl (C=O) groups excluding carboxylic acids is 2. The molecule has 3 heterocycles. The minimum Gasteiger partial charge on any atom is -0.493 e. The number of methoxy groups -OCH3 is 2. The second-order valence-electron chi connectivity index (χ2n) is 7.08. The molecule has 0 unspecified atom stereocenters. The van der Waals surface area contributed by atoms with Gasteiger partial charge in [-0.1, -0.05) is 5.16 Å². The summed E-state index contributed by atoms with van der Waals surface area (Å²) in [4.78, 5) is 29.5. The van der Waals surface area contributed by atoms with Crippen LogP contribution in [0.2, 0.25) is 0 Å². The van der Waals surface area contributed by atoms with E-state index in [2.05, 4.69) is 10.1 Å². The van der Waals surface area contributed by atoms with Gasteiger partial charge in [0.05, 0.1) is 42.1 Å². The molecule has 0 aliphatic carbocycles. The van der Waals surface area contributed by atoms with Crippen molar-refractivity contribution < 1.29 is 32.7 Å². The Bertz CT molecular complexity index is 1350. The number of esters is 2.